The maximum atomic E-state index is 12.4. The Morgan fingerprint density at radius 3 is 3.05 bits per heavy atom. The summed E-state index contributed by atoms with van der Waals surface area (Å²) in [5, 5.41) is 3.29. The number of hydrogen-bond donors (Lipinski definition) is 1. The van der Waals surface area contributed by atoms with Crippen LogP contribution >= 0.6 is 11.8 Å². The fraction of sp³-hybridized carbons (Fsp3) is 0.533. The summed E-state index contributed by atoms with van der Waals surface area (Å²) in [5.74, 6) is 1.81. The second-order valence-corrected chi connectivity index (χ2v) is 6.91. The van der Waals surface area contributed by atoms with E-state index in [-0.39, 0.29) is 5.91 Å². The van der Waals surface area contributed by atoms with Gasteiger partial charge in [-0.05, 0) is 25.5 Å². The smallest absolute Gasteiger partial charge is 0.242 e. The first-order valence-corrected chi connectivity index (χ1v) is 7.82. The zero-order valence-corrected chi connectivity index (χ0v) is 12.3. The molecule has 2 aliphatic heterocycles. The summed E-state index contributed by atoms with van der Waals surface area (Å²) in [5.41, 5.74) is 1.00. The van der Waals surface area contributed by atoms with Gasteiger partial charge in [-0.2, -0.15) is 0 Å². The predicted octanol–water partition coefficient (Wildman–Crippen LogP) is 2.09. The Bertz CT molecular complexity index is 501. The first-order valence-electron chi connectivity index (χ1n) is 6.84. The van der Waals surface area contributed by atoms with Crippen LogP contribution in [0.25, 0.3) is 0 Å². The lowest BCUT2D eigenvalue weighted by Gasteiger charge is -2.39. The van der Waals surface area contributed by atoms with E-state index in [1.807, 2.05) is 30.5 Å². The molecule has 0 spiro atoms. The zero-order valence-electron chi connectivity index (χ0n) is 11.5. The van der Waals surface area contributed by atoms with Crippen molar-refractivity contribution in [2.75, 3.05) is 25.4 Å². The largest absolute Gasteiger partial charge is 0.339 e. The number of benzene rings is 1. The van der Waals surface area contributed by atoms with E-state index in [4.69, 9.17) is 0 Å². The molecule has 1 unspecified atom stereocenters. The topological polar surface area (TPSA) is 32.3 Å². The summed E-state index contributed by atoms with van der Waals surface area (Å²) >= 11 is 1.91. The third-order valence-electron chi connectivity index (χ3n) is 4.01. The van der Waals surface area contributed by atoms with Gasteiger partial charge in [-0.25, -0.2) is 0 Å². The van der Waals surface area contributed by atoms with Crippen molar-refractivity contribution < 1.29 is 4.79 Å². The zero-order chi connectivity index (χ0) is 13.5. The monoisotopic (exact) mass is 276 g/mol. The molecule has 0 aliphatic carbocycles. The number of fused-ring (bicyclic) bond motifs is 1. The van der Waals surface area contributed by atoms with E-state index in [1.165, 1.54) is 10.5 Å². The number of thioether (sulfide) groups is 1. The molecule has 2 aliphatic rings. The Hall–Kier alpha value is -1.00. The normalized spacial score (nSPS) is 25.5. The molecular formula is C15H20N2OS. The molecule has 1 aromatic rings. The number of hydrogen-bond acceptors (Lipinski definition) is 3. The van der Waals surface area contributed by atoms with Crippen molar-refractivity contribution in [1.29, 1.82) is 0 Å². The minimum atomic E-state index is -0.413. The highest BCUT2D eigenvalue weighted by molar-refractivity contribution is 7.99. The van der Waals surface area contributed by atoms with E-state index in [0.29, 0.717) is 5.92 Å². The molecule has 0 aromatic heterocycles. The van der Waals surface area contributed by atoms with E-state index < -0.39 is 5.54 Å². The van der Waals surface area contributed by atoms with E-state index in [2.05, 4.69) is 29.6 Å². The van der Waals surface area contributed by atoms with Crippen LogP contribution in [0.15, 0.2) is 29.2 Å². The maximum Gasteiger partial charge on any atom is 0.242 e. The number of nitrogens with one attached hydrogen (secondary N) is 1. The molecule has 1 amide bonds. The Morgan fingerprint density at radius 2 is 2.21 bits per heavy atom. The van der Waals surface area contributed by atoms with Crippen LogP contribution in [0, 0.1) is 0 Å². The van der Waals surface area contributed by atoms with E-state index >= 15 is 0 Å². The first kappa shape index (κ1) is 13.0. The molecule has 4 heteroatoms. The highest BCUT2D eigenvalue weighted by Gasteiger charge is 2.37. The number of nitrogens with zero attached hydrogens (tertiary/aromatic N) is 1. The molecule has 3 rings (SSSR count). The lowest BCUT2D eigenvalue weighted by molar-refractivity contribution is -0.140. The fourth-order valence-electron chi connectivity index (χ4n) is 2.90. The van der Waals surface area contributed by atoms with Crippen molar-refractivity contribution in [2.24, 2.45) is 0 Å². The van der Waals surface area contributed by atoms with Crippen molar-refractivity contribution in [3.8, 4) is 0 Å². The summed E-state index contributed by atoms with van der Waals surface area (Å²) in [6.45, 7) is 6.51. The molecule has 1 N–H and O–H groups in total. The molecule has 2 heterocycles. The van der Waals surface area contributed by atoms with Gasteiger partial charge >= 0.3 is 0 Å². The van der Waals surface area contributed by atoms with Gasteiger partial charge in [0.05, 0.1) is 5.54 Å². The minimum absolute atomic E-state index is 0.230. The molecule has 0 bridgehead atoms. The van der Waals surface area contributed by atoms with Gasteiger partial charge in [0, 0.05) is 36.2 Å². The van der Waals surface area contributed by atoms with Crippen molar-refractivity contribution in [2.45, 2.75) is 30.2 Å². The van der Waals surface area contributed by atoms with Crippen LogP contribution in [0.1, 0.15) is 25.3 Å². The molecule has 19 heavy (non-hydrogen) atoms. The Morgan fingerprint density at radius 1 is 1.42 bits per heavy atom. The van der Waals surface area contributed by atoms with Gasteiger partial charge in [0.1, 0.15) is 0 Å². The average molecular weight is 276 g/mol. The van der Waals surface area contributed by atoms with Crippen molar-refractivity contribution in [3.63, 3.8) is 0 Å². The SMILES string of the molecule is CC1(C)NCCN(CC2CSc3ccccc32)C1=O. The second kappa shape index (κ2) is 4.84. The van der Waals surface area contributed by atoms with Gasteiger partial charge in [0.15, 0.2) is 0 Å². The summed E-state index contributed by atoms with van der Waals surface area (Å²) in [6, 6.07) is 8.58. The average Bonchev–Trinajstić information content (AvgIpc) is 2.79. The molecule has 102 valence electrons. The molecule has 3 nitrogen and oxygen atoms in total. The number of rotatable bonds is 2. The molecule has 0 radical (unpaired) electrons. The van der Waals surface area contributed by atoms with Crippen LogP contribution in [0.3, 0.4) is 0 Å². The molecule has 1 saturated heterocycles. The number of carbonyl (C=O) groups excluding carboxylic acids is 1. The van der Waals surface area contributed by atoms with Gasteiger partial charge in [-0.15, -0.1) is 11.8 Å². The molecule has 0 saturated carbocycles. The number of piperazine rings is 1. The maximum absolute atomic E-state index is 12.4. The Balaban J connectivity index is 1.75. The highest BCUT2D eigenvalue weighted by Crippen LogP contribution is 2.39. The standard InChI is InChI=1S/C15H20N2OS/c1-15(2)14(18)17(8-7-16-15)9-11-10-19-13-6-4-3-5-12(11)13/h3-6,11,16H,7-10H2,1-2H3. The van der Waals surface area contributed by atoms with Crippen LogP contribution in [0.2, 0.25) is 0 Å². The molecule has 1 fully saturated rings. The van der Waals surface area contributed by atoms with Gasteiger partial charge in [-0.3, -0.25) is 4.79 Å². The van der Waals surface area contributed by atoms with Crippen molar-refractivity contribution in [1.82, 2.24) is 10.2 Å². The van der Waals surface area contributed by atoms with E-state index in [9.17, 15) is 4.79 Å². The van der Waals surface area contributed by atoms with E-state index in [0.717, 1.165) is 25.4 Å². The van der Waals surface area contributed by atoms with Gasteiger partial charge in [0.2, 0.25) is 5.91 Å². The number of amides is 1. The minimum Gasteiger partial charge on any atom is -0.339 e. The fourth-order valence-corrected chi connectivity index (χ4v) is 4.14. The van der Waals surface area contributed by atoms with Crippen LogP contribution < -0.4 is 5.32 Å². The first-order chi connectivity index (χ1) is 9.08. The predicted molar refractivity (Wildman–Crippen MR) is 78.6 cm³/mol. The molecule has 1 atom stereocenters. The van der Waals surface area contributed by atoms with E-state index in [1.54, 1.807) is 0 Å². The second-order valence-electron chi connectivity index (χ2n) is 5.85. The summed E-state index contributed by atoms with van der Waals surface area (Å²) in [6.07, 6.45) is 0. The van der Waals surface area contributed by atoms with Crippen molar-refractivity contribution in [3.05, 3.63) is 29.8 Å². The highest BCUT2D eigenvalue weighted by atomic mass is 32.2. The molecular weight excluding hydrogens is 256 g/mol. The molecule has 1 aromatic carbocycles. The summed E-state index contributed by atoms with van der Waals surface area (Å²) < 4.78 is 0. The lowest BCUT2D eigenvalue weighted by atomic mass is 9.97. The van der Waals surface area contributed by atoms with Crippen LogP contribution in [-0.2, 0) is 4.79 Å². The van der Waals surface area contributed by atoms with Gasteiger partial charge in [-0.1, -0.05) is 18.2 Å². The van der Waals surface area contributed by atoms with Gasteiger partial charge < -0.3 is 10.2 Å². The number of carbonyl (C=O) groups is 1. The Kier molecular flexibility index (Phi) is 3.31. The lowest BCUT2D eigenvalue weighted by Crippen LogP contribution is -2.61. The van der Waals surface area contributed by atoms with Crippen LogP contribution in [-0.4, -0.2) is 41.7 Å². The quantitative estimate of drug-likeness (QED) is 0.897. The third-order valence-corrected chi connectivity index (χ3v) is 5.26. The third kappa shape index (κ3) is 2.39. The Labute approximate surface area is 118 Å². The van der Waals surface area contributed by atoms with Gasteiger partial charge in [0.25, 0.3) is 0 Å². The summed E-state index contributed by atoms with van der Waals surface area (Å²) in [7, 11) is 0. The van der Waals surface area contributed by atoms with Crippen LogP contribution in [0.4, 0.5) is 0 Å². The summed E-state index contributed by atoms with van der Waals surface area (Å²) in [4.78, 5) is 15.8. The van der Waals surface area contributed by atoms with Crippen molar-refractivity contribution >= 4 is 17.7 Å². The van der Waals surface area contributed by atoms with Crippen LogP contribution in [0.5, 0.6) is 0 Å².